The Balaban J connectivity index is 1.68. The van der Waals surface area contributed by atoms with E-state index in [1.54, 1.807) is 25.3 Å². The van der Waals surface area contributed by atoms with E-state index in [0.717, 1.165) is 11.1 Å². The fourth-order valence-corrected chi connectivity index (χ4v) is 4.66. The van der Waals surface area contributed by atoms with Gasteiger partial charge in [-0.1, -0.05) is 42.5 Å². The molecule has 1 N–H and O–H groups in total. The Labute approximate surface area is 229 Å². The molecule has 3 aromatic carbocycles. The minimum absolute atomic E-state index is 0.000200. The van der Waals surface area contributed by atoms with E-state index in [9.17, 15) is 14.7 Å². The van der Waals surface area contributed by atoms with Crippen molar-refractivity contribution in [1.82, 2.24) is 4.90 Å². The molecule has 39 heavy (non-hydrogen) atoms. The SMILES string of the molecule is COCCCN1C(=O)C(=O)/C(=C(\O)c2ccc(OC(C)C)c(C)c2)C1c1ccc(OCc2ccccc2)cc1. The highest BCUT2D eigenvalue weighted by Crippen LogP contribution is 2.40. The van der Waals surface area contributed by atoms with Crippen molar-refractivity contribution < 1.29 is 28.9 Å². The zero-order valence-electron chi connectivity index (χ0n) is 22.8. The maximum absolute atomic E-state index is 13.3. The van der Waals surface area contributed by atoms with Crippen LogP contribution in [0.3, 0.4) is 0 Å². The Hall–Kier alpha value is -4.10. The molecular formula is C32H35NO6. The number of carbonyl (C=O) groups is 2. The molecule has 3 aromatic rings. The van der Waals surface area contributed by atoms with Crippen LogP contribution in [0.4, 0.5) is 0 Å². The molecule has 0 spiro atoms. The van der Waals surface area contributed by atoms with Gasteiger partial charge < -0.3 is 24.2 Å². The van der Waals surface area contributed by atoms with E-state index in [2.05, 4.69) is 0 Å². The zero-order chi connectivity index (χ0) is 27.9. The smallest absolute Gasteiger partial charge is 0.295 e. The number of aliphatic hydroxyl groups is 1. The summed E-state index contributed by atoms with van der Waals surface area (Å²) in [5.41, 5.74) is 3.09. The summed E-state index contributed by atoms with van der Waals surface area (Å²) in [7, 11) is 1.59. The van der Waals surface area contributed by atoms with E-state index in [1.807, 2.05) is 75.4 Å². The summed E-state index contributed by atoms with van der Waals surface area (Å²) >= 11 is 0. The van der Waals surface area contributed by atoms with Gasteiger partial charge >= 0.3 is 0 Å². The molecule has 1 saturated heterocycles. The number of methoxy groups -OCH3 is 1. The quantitative estimate of drug-likeness (QED) is 0.146. The van der Waals surface area contributed by atoms with Crippen molar-refractivity contribution in [2.75, 3.05) is 20.3 Å². The average molecular weight is 530 g/mol. The van der Waals surface area contributed by atoms with E-state index in [0.29, 0.717) is 48.8 Å². The summed E-state index contributed by atoms with van der Waals surface area (Å²) in [6.45, 7) is 6.94. The summed E-state index contributed by atoms with van der Waals surface area (Å²) in [5.74, 6) is -0.200. The van der Waals surface area contributed by atoms with Crippen LogP contribution in [0.1, 0.15) is 48.6 Å². The lowest BCUT2D eigenvalue weighted by Crippen LogP contribution is -2.31. The van der Waals surface area contributed by atoms with Gasteiger partial charge in [0, 0.05) is 25.8 Å². The Morgan fingerprint density at radius 1 is 1.00 bits per heavy atom. The lowest BCUT2D eigenvalue weighted by atomic mass is 9.94. The highest BCUT2D eigenvalue weighted by atomic mass is 16.5. The van der Waals surface area contributed by atoms with Gasteiger partial charge in [-0.3, -0.25) is 9.59 Å². The van der Waals surface area contributed by atoms with E-state index < -0.39 is 17.7 Å². The van der Waals surface area contributed by atoms with Crippen LogP contribution in [0, 0.1) is 6.92 Å². The molecule has 1 heterocycles. The van der Waals surface area contributed by atoms with Crippen molar-refractivity contribution in [3.8, 4) is 11.5 Å². The normalized spacial score (nSPS) is 16.6. The number of nitrogens with zero attached hydrogens (tertiary/aromatic N) is 1. The highest BCUT2D eigenvalue weighted by molar-refractivity contribution is 6.46. The van der Waals surface area contributed by atoms with Crippen LogP contribution >= 0.6 is 0 Å². The second kappa shape index (κ2) is 12.6. The molecule has 1 aliphatic heterocycles. The van der Waals surface area contributed by atoms with Crippen molar-refractivity contribution in [1.29, 1.82) is 0 Å². The van der Waals surface area contributed by atoms with Crippen molar-refractivity contribution in [2.24, 2.45) is 0 Å². The van der Waals surface area contributed by atoms with E-state index in [4.69, 9.17) is 14.2 Å². The number of Topliss-reactive ketones (excluding diaryl/α,β-unsaturated/α-hetero) is 1. The number of hydrogen-bond acceptors (Lipinski definition) is 6. The van der Waals surface area contributed by atoms with Crippen molar-refractivity contribution in [3.05, 3.63) is 101 Å². The van der Waals surface area contributed by atoms with Crippen LogP contribution in [0.5, 0.6) is 11.5 Å². The number of rotatable bonds is 11. The molecule has 1 amide bonds. The predicted molar refractivity (Wildman–Crippen MR) is 150 cm³/mol. The third kappa shape index (κ3) is 6.49. The number of benzene rings is 3. The topological polar surface area (TPSA) is 85.3 Å². The number of ketones is 1. The first kappa shape index (κ1) is 27.9. The first-order chi connectivity index (χ1) is 18.8. The van der Waals surface area contributed by atoms with Gasteiger partial charge in [0.15, 0.2) is 0 Å². The first-order valence-corrected chi connectivity index (χ1v) is 13.1. The lowest BCUT2D eigenvalue weighted by molar-refractivity contribution is -0.140. The maximum atomic E-state index is 13.3. The fourth-order valence-electron chi connectivity index (χ4n) is 4.66. The number of carbonyl (C=O) groups excluding carboxylic acids is 2. The number of amides is 1. The fraction of sp³-hybridized carbons (Fsp3) is 0.312. The van der Waals surface area contributed by atoms with Gasteiger partial charge in [0.05, 0.1) is 17.7 Å². The minimum atomic E-state index is -0.739. The highest BCUT2D eigenvalue weighted by Gasteiger charge is 2.45. The maximum Gasteiger partial charge on any atom is 0.295 e. The van der Waals surface area contributed by atoms with Gasteiger partial charge in [-0.05, 0) is 74.2 Å². The summed E-state index contributed by atoms with van der Waals surface area (Å²) in [4.78, 5) is 27.9. The Bertz CT molecular complexity index is 1330. The molecule has 1 fully saturated rings. The number of likely N-dealkylation sites (tertiary alicyclic amines) is 1. The molecular weight excluding hydrogens is 494 g/mol. The van der Waals surface area contributed by atoms with Crippen molar-refractivity contribution >= 4 is 17.4 Å². The summed E-state index contributed by atoms with van der Waals surface area (Å²) < 4.78 is 16.9. The van der Waals surface area contributed by atoms with Crippen molar-refractivity contribution in [2.45, 2.75) is 45.9 Å². The molecule has 4 rings (SSSR count). The lowest BCUT2D eigenvalue weighted by Gasteiger charge is -2.25. The third-order valence-electron chi connectivity index (χ3n) is 6.54. The third-order valence-corrected chi connectivity index (χ3v) is 6.54. The molecule has 0 saturated carbocycles. The zero-order valence-corrected chi connectivity index (χ0v) is 22.8. The standard InChI is InChI=1S/C32H35NO6/c1-21(2)39-27-16-13-25(19-22(27)3)30(34)28-29(33(17-8-18-37-4)32(36)31(28)35)24-11-14-26(15-12-24)38-20-23-9-6-5-7-10-23/h5-7,9-16,19,21,29,34H,8,17-18,20H2,1-4H3/b30-28-. The second-order valence-electron chi connectivity index (χ2n) is 9.83. The average Bonchev–Trinajstić information content (AvgIpc) is 3.18. The number of aliphatic hydroxyl groups excluding tert-OH is 1. The molecule has 0 aliphatic carbocycles. The summed E-state index contributed by atoms with van der Waals surface area (Å²) in [5, 5.41) is 11.4. The van der Waals surface area contributed by atoms with Gasteiger partial charge in [-0.2, -0.15) is 0 Å². The van der Waals surface area contributed by atoms with Gasteiger partial charge in [-0.15, -0.1) is 0 Å². The second-order valence-corrected chi connectivity index (χ2v) is 9.83. The van der Waals surface area contributed by atoms with Gasteiger partial charge in [-0.25, -0.2) is 0 Å². The molecule has 7 nitrogen and oxygen atoms in total. The monoisotopic (exact) mass is 529 g/mol. The molecule has 1 atom stereocenters. The van der Waals surface area contributed by atoms with Crippen LogP contribution in [-0.2, 0) is 20.9 Å². The Kier molecular flexibility index (Phi) is 9.04. The number of hydrogen-bond donors (Lipinski definition) is 1. The molecule has 0 radical (unpaired) electrons. The van der Waals surface area contributed by atoms with Crippen molar-refractivity contribution in [3.63, 3.8) is 0 Å². The molecule has 1 unspecified atom stereocenters. The van der Waals surface area contributed by atoms with E-state index in [-0.39, 0.29) is 17.4 Å². The summed E-state index contributed by atoms with van der Waals surface area (Å²) in [6, 6.07) is 21.7. The van der Waals surface area contributed by atoms with E-state index >= 15 is 0 Å². The molecule has 7 heteroatoms. The molecule has 0 aromatic heterocycles. The van der Waals surface area contributed by atoms with E-state index in [1.165, 1.54) is 4.90 Å². The van der Waals surface area contributed by atoms with Crippen LogP contribution in [0.25, 0.3) is 5.76 Å². The summed E-state index contributed by atoms with van der Waals surface area (Å²) in [6.07, 6.45) is 0.554. The molecule has 204 valence electrons. The Morgan fingerprint density at radius 2 is 1.72 bits per heavy atom. The Morgan fingerprint density at radius 3 is 2.36 bits per heavy atom. The molecule has 0 bridgehead atoms. The van der Waals surface area contributed by atoms with Gasteiger partial charge in [0.2, 0.25) is 0 Å². The first-order valence-electron chi connectivity index (χ1n) is 13.1. The number of ether oxygens (including phenoxy) is 3. The minimum Gasteiger partial charge on any atom is -0.507 e. The number of aryl methyl sites for hydroxylation is 1. The van der Waals surface area contributed by atoms with Gasteiger partial charge in [0.1, 0.15) is 23.9 Å². The van der Waals surface area contributed by atoms with Gasteiger partial charge in [0.25, 0.3) is 11.7 Å². The van der Waals surface area contributed by atoms with Crippen LogP contribution in [0.15, 0.2) is 78.4 Å². The van der Waals surface area contributed by atoms with Crippen LogP contribution in [0.2, 0.25) is 0 Å². The van der Waals surface area contributed by atoms with Crippen LogP contribution < -0.4 is 9.47 Å². The van der Waals surface area contributed by atoms with Crippen LogP contribution in [-0.4, -0.2) is 48.1 Å². The predicted octanol–water partition coefficient (Wildman–Crippen LogP) is 5.82. The molecule has 1 aliphatic rings. The largest absolute Gasteiger partial charge is 0.507 e.